The minimum Gasteiger partial charge on any atom is -0.350 e. The highest BCUT2D eigenvalue weighted by Gasteiger charge is 2.13. The number of H-pyrrole nitrogens is 1. The maximum atomic E-state index is 12.4. The summed E-state index contributed by atoms with van der Waals surface area (Å²) in [6.07, 6.45) is 0. The predicted octanol–water partition coefficient (Wildman–Crippen LogP) is 4.62. The number of carbonyl (C=O) groups excluding carboxylic acids is 1. The summed E-state index contributed by atoms with van der Waals surface area (Å²) in [7, 11) is 0. The van der Waals surface area contributed by atoms with E-state index in [-0.39, 0.29) is 11.9 Å². The van der Waals surface area contributed by atoms with Gasteiger partial charge in [-0.05, 0) is 37.6 Å². The zero-order valence-electron chi connectivity index (χ0n) is 12.5. The van der Waals surface area contributed by atoms with E-state index in [9.17, 15) is 4.79 Å². The Labute approximate surface area is 134 Å². The molecule has 1 atom stereocenters. The molecule has 1 amide bonds. The first-order valence-corrected chi connectivity index (χ1v) is 7.56. The van der Waals surface area contributed by atoms with Crippen LogP contribution in [0, 0.1) is 6.92 Å². The van der Waals surface area contributed by atoms with Gasteiger partial charge in [-0.2, -0.15) is 0 Å². The summed E-state index contributed by atoms with van der Waals surface area (Å²) in [4.78, 5) is 15.5. The van der Waals surface area contributed by atoms with Crippen molar-refractivity contribution in [2.75, 3.05) is 0 Å². The smallest absolute Gasteiger partial charge is 0.268 e. The third-order valence-electron chi connectivity index (χ3n) is 3.72. The second-order valence-electron chi connectivity index (χ2n) is 5.52. The highest BCUT2D eigenvalue weighted by molar-refractivity contribution is 6.31. The monoisotopic (exact) mass is 312 g/mol. The van der Waals surface area contributed by atoms with Crippen LogP contribution in [0.2, 0.25) is 5.02 Å². The molecule has 0 aliphatic rings. The highest BCUT2D eigenvalue weighted by atomic mass is 35.5. The van der Waals surface area contributed by atoms with Gasteiger partial charge in [0.1, 0.15) is 5.69 Å². The number of nitrogens with one attached hydrogen (secondary N) is 2. The average molecular weight is 313 g/mol. The van der Waals surface area contributed by atoms with Crippen molar-refractivity contribution in [1.29, 1.82) is 0 Å². The Kier molecular flexibility index (Phi) is 3.90. The molecular formula is C18H17ClN2O. The Hall–Kier alpha value is -2.26. The zero-order chi connectivity index (χ0) is 15.7. The Morgan fingerprint density at radius 2 is 2.00 bits per heavy atom. The molecule has 3 aromatic rings. The highest BCUT2D eigenvalue weighted by Crippen LogP contribution is 2.21. The summed E-state index contributed by atoms with van der Waals surface area (Å²) < 4.78 is 0. The summed E-state index contributed by atoms with van der Waals surface area (Å²) in [6, 6.07) is 15.4. The van der Waals surface area contributed by atoms with E-state index < -0.39 is 0 Å². The van der Waals surface area contributed by atoms with E-state index in [1.807, 2.05) is 56.3 Å². The van der Waals surface area contributed by atoms with Gasteiger partial charge < -0.3 is 10.3 Å². The molecular weight excluding hydrogens is 296 g/mol. The van der Waals surface area contributed by atoms with Gasteiger partial charge in [-0.25, -0.2) is 0 Å². The fraction of sp³-hybridized carbons (Fsp3) is 0.167. The third kappa shape index (κ3) is 3.00. The molecule has 0 aliphatic heterocycles. The van der Waals surface area contributed by atoms with Crippen molar-refractivity contribution in [3.05, 3.63) is 70.4 Å². The van der Waals surface area contributed by atoms with Gasteiger partial charge in [0.15, 0.2) is 0 Å². The molecule has 1 aromatic heterocycles. The van der Waals surface area contributed by atoms with Crippen LogP contribution in [0.3, 0.4) is 0 Å². The standard InChI is InChI=1S/C18H17ClN2O/c1-11-4-3-5-13(8-11)12(2)20-18(22)17-9-14-6-7-15(19)10-16(14)21-17/h3-10,12,21H,1-2H3,(H,20,22). The Morgan fingerprint density at radius 1 is 1.18 bits per heavy atom. The van der Waals surface area contributed by atoms with Crippen molar-refractivity contribution in [2.45, 2.75) is 19.9 Å². The van der Waals surface area contributed by atoms with E-state index in [4.69, 9.17) is 11.6 Å². The van der Waals surface area contributed by atoms with Crippen molar-refractivity contribution >= 4 is 28.4 Å². The minimum atomic E-state index is -0.124. The summed E-state index contributed by atoms with van der Waals surface area (Å²) in [5, 5.41) is 4.63. The number of hydrogen-bond donors (Lipinski definition) is 2. The molecule has 0 saturated carbocycles. The topological polar surface area (TPSA) is 44.9 Å². The maximum absolute atomic E-state index is 12.4. The first kappa shape index (κ1) is 14.7. The number of rotatable bonds is 3. The van der Waals surface area contributed by atoms with Gasteiger partial charge in [0.2, 0.25) is 0 Å². The lowest BCUT2D eigenvalue weighted by atomic mass is 10.1. The molecule has 0 bridgehead atoms. The number of hydrogen-bond acceptors (Lipinski definition) is 1. The van der Waals surface area contributed by atoms with Crippen LogP contribution in [0.5, 0.6) is 0 Å². The van der Waals surface area contributed by atoms with Gasteiger partial charge in [0.25, 0.3) is 5.91 Å². The SMILES string of the molecule is Cc1cccc(C(C)NC(=O)c2cc3ccc(Cl)cc3[nH]2)c1. The van der Waals surface area contributed by atoms with Crippen molar-refractivity contribution in [2.24, 2.45) is 0 Å². The number of aromatic amines is 1. The van der Waals surface area contributed by atoms with Gasteiger partial charge in [0, 0.05) is 15.9 Å². The van der Waals surface area contributed by atoms with E-state index in [1.54, 1.807) is 0 Å². The quantitative estimate of drug-likeness (QED) is 0.728. The van der Waals surface area contributed by atoms with Crippen molar-refractivity contribution < 1.29 is 4.79 Å². The Balaban J connectivity index is 1.80. The predicted molar refractivity (Wildman–Crippen MR) is 90.4 cm³/mol. The lowest BCUT2D eigenvalue weighted by molar-refractivity contribution is 0.0935. The molecule has 22 heavy (non-hydrogen) atoms. The molecule has 1 heterocycles. The molecule has 3 nitrogen and oxygen atoms in total. The first-order chi connectivity index (χ1) is 10.5. The van der Waals surface area contributed by atoms with Crippen molar-refractivity contribution in [1.82, 2.24) is 10.3 Å². The van der Waals surface area contributed by atoms with Crippen LogP contribution >= 0.6 is 11.6 Å². The molecule has 0 spiro atoms. The average Bonchev–Trinajstić information content (AvgIpc) is 2.90. The molecule has 2 N–H and O–H groups in total. The second-order valence-corrected chi connectivity index (χ2v) is 5.96. The maximum Gasteiger partial charge on any atom is 0.268 e. The van der Waals surface area contributed by atoms with E-state index in [1.165, 1.54) is 5.56 Å². The van der Waals surface area contributed by atoms with Crippen LogP contribution in [0.1, 0.15) is 34.6 Å². The third-order valence-corrected chi connectivity index (χ3v) is 3.95. The van der Waals surface area contributed by atoms with E-state index in [2.05, 4.69) is 16.4 Å². The minimum absolute atomic E-state index is 0.0533. The lowest BCUT2D eigenvalue weighted by Gasteiger charge is -2.14. The Bertz CT molecular complexity index is 838. The van der Waals surface area contributed by atoms with E-state index in [0.717, 1.165) is 16.5 Å². The zero-order valence-corrected chi connectivity index (χ0v) is 13.2. The fourth-order valence-corrected chi connectivity index (χ4v) is 2.69. The molecule has 2 aromatic carbocycles. The Morgan fingerprint density at radius 3 is 2.77 bits per heavy atom. The normalized spacial score (nSPS) is 12.3. The van der Waals surface area contributed by atoms with Crippen LogP contribution in [0.4, 0.5) is 0 Å². The van der Waals surface area contributed by atoms with Crippen molar-refractivity contribution in [3.63, 3.8) is 0 Å². The number of amides is 1. The first-order valence-electron chi connectivity index (χ1n) is 7.18. The molecule has 0 fully saturated rings. The summed E-state index contributed by atoms with van der Waals surface area (Å²) in [5.41, 5.74) is 3.67. The number of aromatic nitrogens is 1. The van der Waals surface area contributed by atoms with E-state index >= 15 is 0 Å². The van der Waals surface area contributed by atoms with Gasteiger partial charge in [-0.3, -0.25) is 4.79 Å². The van der Waals surface area contributed by atoms with Crippen LogP contribution < -0.4 is 5.32 Å². The number of benzene rings is 2. The summed E-state index contributed by atoms with van der Waals surface area (Å²) >= 11 is 5.97. The molecule has 4 heteroatoms. The number of carbonyl (C=O) groups is 1. The molecule has 0 aliphatic carbocycles. The van der Waals surface area contributed by atoms with Gasteiger partial charge >= 0.3 is 0 Å². The van der Waals surface area contributed by atoms with Gasteiger partial charge in [-0.15, -0.1) is 0 Å². The summed E-state index contributed by atoms with van der Waals surface area (Å²) in [6.45, 7) is 4.02. The van der Waals surface area contributed by atoms with E-state index in [0.29, 0.717) is 10.7 Å². The van der Waals surface area contributed by atoms with Crippen LogP contribution in [-0.2, 0) is 0 Å². The molecule has 0 saturated heterocycles. The number of aryl methyl sites for hydroxylation is 1. The second kappa shape index (κ2) is 5.85. The molecule has 112 valence electrons. The van der Waals surface area contributed by atoms with Crippen LogP contribution in [0.25, 0.3) is 10.9 Å². The van der Waals surface area contributed by atoms with Gasteiger partial charge in [0.05, 0.1) is 6.04 Å². The fourth-order valence-electron chi connectivity index (χ4n) is 2.52. The van der Waals surface area contributed by atoms with Crippen LogP contribution in [0.15, 0.2) is 48.5 Å². The molecule has 1 unspecified atom stereocenters. The molecule has 3 rings (SSSR count). The lowest BCUT2D eigenvalue weighted by Crippen LogP contribution is -2.26. The number of halogens is 1. The van der Waals surface area contributed by atoms with Gasteiger partial charge in [-0.1, -0.05) is 47.5 Å². The van der Waals surface area contributed by atoms with Crippen molar-refractivity contribution in [3.8, 4) is 0 Å². The molecule has 0 radical (unpaired) electrons. The van der Waals surface area contributed by atoms with Crippen LogP contribution in [-0.4, -0.2) is 10.9 Å². The largest absolute Gasteiger partial charge is 0.350 e. The number of fused-ring (bicyclic) bond motifs is 1. The summed E-state index contributed by atoms with van der Waals surface area (Å²) in [5.74, 6) is -0.124.